The summed E-state index contributed by atoms with van der Waals surface area (Å²) in [5.74, 6) is 3.01. The van der Waals surface area contributed by atoms with Gasteiger partial charge in [0.1, 0.15) is 12.2 Å². The third-order valence-electron chi connectivity index (χ3n) is 5.58. The molecule has 2 bridgehead atoms. The van der Waals surface area contributed by atoms with Crippen LogP contribution in [0.4, 0.5) is 0 Å². The van der Waals surface area contributed by atoms with Crippen LogP contribution in [-0.2, 0) is 13.0 Å². The van der Waals surface area contributed by atoms with Gasteiger partial charge >= 0.3 is 0 Å². The molecule has 3 rings (SSSR count). The van der Waals surface area contributed by atoms with E-state index in [1.54, 1.807) is 6.33 Å². The largest absolute Gasteiger partial charge is 0.311 e. The second-order valence-electron chi connectivity index (χ2n) is 8.21. The van der Waals surface area contributed by atoms with Gasteiger partial charge in [-0.3, -0.25) is 4.68 Å². The number of nitrogens with one attached hydrogen (secondary N) is 1. The number of hydrogen-bond acceptors (Lipinski definition) is 3. The predicted octanol–water partition coefficient (Wildman–Crippen LogP) is 3.04. The van der Waals surface area contributed by atoms with E-state index in [0.29, 0.717) is 5.41 Å². The number of fused-ring (bicyclic) bond motifs is 2. The average Bonchev–Trinajstić information content (AvgIpc) is 3.11. The molecule has 21 heavy (non-hydrogen) atoms. The zero-order chi connectivity index (χ0) is 15.1. The van der Waals surface area contributed by atoms with Crippen LogP contribution >= 0.6 is 0 Å². The fraction of sp³-hybridized carbons (Fsp3) is 0.882. The minimum atomic E-state index is 0.188. The van der Waals surface area contributed by atoms with Crippen molar-refractivity contribution in [3.05, 3.63) is 12.2 Å². The van der Waals surface area contributed by atoms with Gasteiger partial charge in [0.05, 0.1) is 0 Å². The van der Waals surface area contributed by atoms with Crippen LogP contribution in [0.25, 0.3) is 0 Å². The molecule has 2 saturated carbocycles. The van der Waals surface area contributed by atoms with Gasteiger partial charge < -0.3 is 5.32 Å². The number of aromatic nitrogens is 3. The standard InChI is InChI=1S/C17H30N4/c1-5-21-15(18-12-20-21)10-17(11-19-16(2,3)4)9-13-6-7-14(17)8-13/h12-14,19H,5-11H2,1-4H3. The molecule has 2 fully saturated rings. The molecular weight excluding hydrogens is 260 g/mol. The van der Waals surface area contributed by atoms with E-state index >= 15 is 0 Å². The Morgan fingerprint density at radius 2 is 2.19 bits per heavy atom. The Morgan fingerprint density at radius 1 is 1.38 bits per heavy atom. The fourth-order valence-corrected chi connectivity index (χ4v) is 4.50. The SMILES string of the molecule is CCn1ncnc1CC1(CNC(C)(C)C)CC2CCC1C2. The summed E-state index contributed by atoms with van der Waals surface area (Å²) in [5.41, 5.74) is 0.587. The van der Waals surface area contributed by atoms with Gasteiger partial charge in [0.2, 0.25) is 0 Å². The lowest BCUT2D eigenvalue weighted by Crippen LogP contribution is -2.47. The molecule has 0 saturated heterocycles. The van der Waals surface area contributed by atoms with Crippen molar-refractivity contribution in [1.82, 2.24) is 20.1 Å². The zero-order valence-corrected chi connectivity index (χ0v) is 14.0. The van der Waals surface area contributed by atoms with Gasteiger partial charge in [-0.1, -0.05) is 6.42 Å². The lowest BCUT2D eigenvalue weighted by molar-refractivity contribution is 0.138. The first-order valence-corrected chi connectivity index (χ1v) is 8.53. The molecule has 2 aliphatic rings. The van der Waals surface area contributed by atoms with Crippen LogP contribution in [0, 0.1) is 17.3 Å². The van der Waals surface area contributed by atoms with Gasteiger partial charge in [-0.2, -0.15) is 5.10 Å². The summed E-state index contributed by atoms with van der Waals surface area (Å²) in [5, 5.41) is 8.15. The molecule has 2 aliphatic carbocycles. The Bertz CT molecular complexity index is 487. The molecule has 1 heterocycles. The molecule has 118 valence electrons. The Morgan fingerprint density at radius 3 is 2.76 bits per heavy atom. The molecule has 3 unspecified atom stereocenters. The van der Waals surface area contributed by atoms with Gasteiger partial charge in [0.25, 0.3) is 0 Å². The van der Waals surface area contributed by atoms with Crippen LogP contribution < -0.4 is 5.32 Å². The van der Waals surface area contributed by atoms with Crippen LogP contribution in [-0.4, -0.2) is 26.8 Å². The van der Waals surface area contributed by atoms with Gasteiger partial charge in [-0.25, -0.2) is 4.98 Å². The summed E-state index contributed by atoms with van der Waals surface area (Å²) in [6, 6.07) is 0. The lowest BCUT2D eigenvalue weighted by atomic mass is 9.70. The first-order chi connectivity index (χ1) is 9.92. The topological polar surface area (TPSA) is 42.7 Å². The average molecular weight is 290 g/mol. The monoisotopic (exact) mass is 290 g/mol. The Balaban J connectivity index is 1.80. The minimum absolute atomic E-state index is 0.188. The Labute approximate surface area is 128 Å². The van der Waals surface area contributed by atoms with E-state index in [-0.39, 0.29) is 5.54 Å². The molecule has 4 heteroatoms. The van der Waals surface area contributed by atoms with E-state index in [9.17, 15) is 0 Å². The highest BCUT2D eigenvalue weighted by Gasteiger charge is 2.51. The van der Waals surface area contributed by atoms with Crippen molar-refractivity contribution in [3.63, 3.8) is 0 Å². The summed E-state index contributed by atoms with van der Waals surface area (Å²) in [6.45, 7) is 11.0. The van der Waals surface area contributed by atoms with Gasteiger partial charge in [-0.05, 0) is 64.2 Å². The highest BCUT2D eigenvalue weighted by Crippen LogP contribution is 2.57. The normalized spacial score (nSPS) is 32.0. The molecule has 1 N–H and O–H groups in total. The molecule has 0 aromatic carbocycles. The number of rotatable bonds is 5. The van der Waals surface area contributed by atoms with Crippen LogP contribution in [0.2, 0.25) is 0 Å². The minimum Gasteiger partial charge on any atom is -0.311 e. The summed E-state index contributed by atoms with van der Waals surface area (Å²) in [6.07, 6.45) is 8.48. The molecule has 0 aliphatic heterocycles. The summed E-state index contributed by atoms with van der Waals surface area (Å²) in [4.78, 5) is 4.55. The first-order valence-electron chi connectivity index (χ1n) is 8.53. The second kappa shape index (κ2) is 5.38. The molecule has 0 amide bonds. The summed E-state index contributed by atoms with van der Waals surface area (Å²) >= 11 is 0. The van der Waals surface area contributed by atoms with Crippen molar-refractivity contribution in [2.24, 2.45) is 17.3 Å². The van der Waals surface area contributed by atoms with Crippen LogP contribution in [0.3, 0.4) is 0 Å². The van der Waals surface area contributed by atoms with Crippen LogP contribution in [0.5, 0.6) is 0 Å². The summed E-state index contributed by atoms with van der Waals surface area (Å²) in [7, 11) is 0. The van der Waals surface area contributed by atoms with Crippen LogP contribution in [0.1, 0.15) is 59.2 Å². The van der Waals surface area contributed by atoms with Crippen molar-refractivity contribution in [2.45, 2.75) is 71.9 Å². The van der Waals surface area contributed by atoms with E-state index in [1.807, 2.05) is 0 Å². The first kappa shape index (κ1) is 15.0. The number of nitrogens with zero attached hydrogens (tertiary/aromatic N) is 3. The van der Waals surface area contributed by atoms with E-state index in [4.69, 9.17) is 0 Å². The highest BCUT2D eigenvalue weighted by molar-refractivity contribution is 5.07. The zero-order valence-electron chi connectivity index (χ0n) is 14.0. The van der Waals surface area contributed by atoms with Crippen molar-refractivity contribution in [2.75, 3.05) is 6.54 Å². The second-order valence-corrected chi connectivity index (χ2v) is 8.21. The van der Waals surface area contributed by atoms with E-state index in [1.165, 1.54) is 31.5 Å². The number of aryl methyl sites for hydroxylation is 1. The van der Waals surface area contributed by atoms with E-state index < -0.39 is 0 Å². The van der Waals surface area contributed by atoms with E-state index in [2.05, 4.69) is 47.8 Å². The maximum atomic E-state index is 4.55. The Hall–Kier alpha value is -0.900. The number of hydrogen-bond donors (Lipinski definition) is 1. The van der Waals surface area contributed by atoms with Gasteiger partial charge in [0.15, 0.2) is 0 Å². The molecule has 4 nitrogen and oxygen atoms in total. The molecule has 0 spiro atoms. The van der Waals surface area contributed by atoms with Crippen molar-refractivity contribution in [1.29, 1.82) is 0 Å². The molecule has 1 aromatic rings. The Kier molecular flexibility index (Phi) is 3.85. The maximum Gasteiger partial charge on any atom is 0.138 e. The molecule has 1 aromatic heterocycles. The third-order valence-corrected chi connectivity index (χ3v) is 5.58. The highest BCUT2D eigenvalue weighted by atomic mass is 15.3. The quantitative estimate of drug-likeness (QED) is 0.906. The van der Waals surface area contributed by atoms with Gasteiger partial charge in [0, 0.05) is 25.0 Å². The predicted molar refractivity (Wildman–Crippen MR) is 85.0 cm³/mol. The third kappa shape index (κ3) is 3.01. The van der Waals surface area contributed by atoms with Crippen molar-refractivity contribution in [3.8, 4) is 0 Å². The molecular formula is C17H30N4. The summed E-state index contributed by atoms with van der Waals surface area (Å²) < 4.78 is 2.07. The fourth-order valence-electron chi connectivity index (χ4n) is 4.50. The van der Waals surface area contributed by atoms with Crippen molar-refractivity contribution >= 4 is 0 Å². The van der Waals surface area contributed by atoms with E-state index in [0.717, 1.165) is 31.3 Å². The van der Waals surface area contributed by atoms with Crippen LogP contribution in [0.15, 0.2) is 6.33 Å². The van der Waals surface area contributed by atoms with Crippen molar-refractivity contribution < 1.29 is 0 Å². The molecule has 3 atom stereocenters. The lowest BCUT2D eigenvalue weighted by Gasteiger charge is -2.40. The van der Waals surface area contributed by atoms with Gasteiger partial charge in [-0.15, -0.1) is 0 Å². The maximum absolute atomic E-state index is 4.55. The smallest absolute Gasteiger partial charge is 0.138 e. The molecule has 0 radical (unpaired) electrons.